The van der Waals surface area contributed by atoms with Gasteiger partial charge in [0.05, 0.1) is 17.1 Å². The fraction of sp³-hybridized carbons (Fsp3) is 0.409. The van der Waals surface area contributed by atoms with Crippen molar-refractivity contribution in [3.63, 3.8) is 0 Å². The van der Waals surface area contributed by atoms with Gasteiger partial charge in [0.2, 0.25) is 0 Å². The molecular formula is C88H108Cl8IN4O4Ti4-. The monoisotopic (exact) mass is 1880 g/mol. The molecule has 21 heteroatoms. The first-order valence-electron chi connectivity index (χ1n) is 38.5. The summed E-state index contributed by atoms with van der Waals surface area (Å²) in [5.41, 5.74) is 15.7. The summed E-state index contributed by atoms with van der Waals surface area (Å²) in [6.07, 6.45) is 41.1. The van der Waals surface area contributed by atoms with Gasteiger partial charge >= 0.3 is 311 Å². The van der Waals surface area contributed by atoms with Gasteiger partial charge in [-0.3, -0.25) is 15.0 Å². The van der Waals surface area contributed by atoms with E-state index in [4.69, 9.17) is 74.4 Å². The van der Waals surface area contributed by atoms with Crippen LogP contribution in [0.25, 0.3) is 0 Å². The summed E-state index contributed by atoms with van der Waals surface area (Å²) in [5.74, 6) is 4.19. The van der Waals surface area contributed by atoms with E-state index < -0.39 is 68.1 Å². The number of aromatic hydroxyl groups is 4. The summed E-state index contributed by atoms with van der Waals surface area (Å²) in [6.45, 7) is 8.56. The van der Waals surface area contributed by atoms with Crippen LogP contribution in [0.5, 0.6) is 23.0 Å². The molecule has 0 radical (unpaired) electrons. The summed E-state index contributed by atoms with van der Waals surface area (Å²) >= 11 is -2.36. The molecule has 8 aromatic carbocycles. The fourth-order valence-corrected chi connectivity index (χ4v) is 17.1. The van der Waals surface area contributed by atoms with Crippen LogP contribution in [0.1, 0.15) is 266 Å². The second-order valence-electron chi connectivity index (χ2n) is 27.5. The SMILES string of the molecule is CCCC[I-]c1cc(C2CCCCC2)cc(C=Nc2ccccc2)c1O.CCCCc1cc(C2CCCCC2)cc(C=Nc2ccccc2)c1O.CCCc1cc(C2CCCCC2)cc(C=Nc2ccccc2)c1O.Cc1cc(C2CCCCC2)cc(C=Nc2ccccc2)c1O.[Cl][Ti][Cl].[Cl][Ti][Cl].[Cl][Ti][Cl].[Cl][Ti][Cl]. The molecule has 0 aliphatic heterocycles. The first-order valence-corrected chi connectivity index (χ1v) is 58.2. The number of halogens is 9. The Balaban J connectivity index is 0.000000248. The van der Waals surface area contributed by atoms with Crippen molar-refractivity contribution >= 4 is 122 Å². The van der Waals surface area contributed by atoms with Gasteiger partial charge in [-0.05, 0) is 170 Å². The Morgan fingerprint density at radius 1 is 0.339 bits per heavy atom. The molecule has 12 rings (SSSR count). The quantitative estimate of drug-likeness (QED) is 0.0188. The molecule has 8 aromatic rings. The molecule has 4 aliphatic rings. The molecule has 4 saturated carbocycles. The predicted octanol–water partition coefficient (Wildman–Crippen LogP) is 26.9. The van der Waals surface area contributed by atoms with Crippen molar-refractivity contribution in [1.82, 2.24) is 0 Å². The Bertz CT molecular complexity index is 3880. The number of alkyl halides is 1. The Hall–Kier alpha value is -2.45. The van der Waals surface area contributed by atoms with E-state index in [1.807, 2.05) is 147 Å². The predicted molar refractivity (Wildman–Crippen MR) is 453 cm³/mol. The third-order valence-electron chi connectivity index (χ3n) is 19.7. The van der Waals surface area contributed by atoms with Crippen LogP contribution in [0.2, 0.25) is 0 Å². The molecule has 0 bridgehead atoms. The first kappa shape index (κ1) is 97.1. The zero-order valence-electron chi connectivity index (χ0n) is 63.6. The van der Waals surface area contributed by atoms with Gasteiger partial charge in [-0.1, -0.05) is 157 Å². The van der Waals surface area contributed by atoms with Crippen LogP contribution < -0.4 is 21.2 Å². The second kappa shape index (κ2) is 60.1. The van der Waals surface area contributed by atoms with Crippen LogP contribution >= 0.6 is 74.4 Å². The summed E-state index contributed by atoms with van der Waals surface area (Å²) in [7, 11) is 39.1. The summed E-state index contributed by atoms with van der Waals surface area (Å²) in [5, 5.41) is 42.5. The number of hydrogen-bond donors (Lipinski definition) is 4. The van der Waals surface area contributed by atoms with Gasteiger partial charge in [0.25, 0.3) is 0 Å². The van der Waals surface area contributed by atoms with Crippen LogP contribution in [-0.4, -0.2) is 49.7 Å². The van der Waals surface area contributed by atoms with Crippen molar-refractivity contribution in [1.29, 1.82) is 0 Å². The van der Waals surface area contributed by atoms with Gasteiger partial charge in [-0.15, -0.1) is 0 Å². The number of para-hydroxylation sites is 4. The van der Waals surface area contributed by atoms with Crippen LogP contribution in [0.15, 0.2) is 190 Å². The van der Waals surface area contributed by atoms with Crippen LogP contribution in [-0.2, 0) is 81.0 Å². The van der Waals surface area contributed by atoms with E-state index in [2.05, 4.69) is 89.3 Å². The van der Waals surface area contributed by atoms with Gasteiger partial charge in [0.1, 0.15) is 17.2 Å². The fourth-order valence-electron chi connectivity index (χ4n) is 14.1. The molecule has 0 saturated heterocycles. The van der Waals surface area contributed by atoms with Crippen LogP contribution in [0.3, 0.4) is 0 Å². The molecule has 0 spiro atoms. The maximum atomic E-state index is 10.8. The van der Waals surface area contributed by atoms with Crippen molar-refractivity contribution in [3.05, 3.63) is 235 Å². The third-order valence-corrected chi connectivity index (χ3v) is 22.7. The Morgan fingerprint density at radius 3 is 0.917 bits per heavy atom. The standard InChI is InChI=1S/C23H29INO.C23H29NO.C22H27NO.C20H23NO.8ClH.4Ti/c1-2-3-14-24-22-16-19(18-10-6-4-7-11-18)15-20(23(22)26)17-25-21-12-8-5-9-13-21;1-2-3-10-19-15-20(18-11-6-4-7-12-18)16-21(23(19)25)17-24-22-13-8-5-9-14-22;1-2-9-18-14-19(17-10-5-3-6-11-17)15-20(22(18)24)16-23-21-12-7-4-8-13-21;1-15-12-17(16-8-4-2-5-9-16)13-18(20(15)22)14-21-19-10-6-3-7-11-19;;;;;;;;;;;;/h5,8-9,12-13,15-18,26H,2-4,6-7,10-11,14H2,1H3;5,8-9,13-18,25H,2-4,6-7,10-12H2,1H3;4,7-8,12-17,24H,2-3,5-6,9-11H2,1H3;3,6-7,10-14,16,22H,2,4-5,8-9H2,1H3;8*1H;;;;/q-1;;;;;;;;;;;;4*+2/p-8. The minimum atomic E-state index is -0.556. The topological polar surface area (TPSA) is 130 Å². The average Bonchev–Trinajstić information content (AvgIpc) is 0.834. The van der Waals surface area contributed by atoms with Crippen molar-refractivity contribution < 1.29 is 110 Å². The molecule has 4 fully saturated rings. The number of benzene rings is 8. The zero-order chi connectivity index (χ0) is 78.6. The first-order chi connectivity index (χ1) is 53.2. The van der Waals surface area contributed by atoms with Gasteiger partial charge in [0.15, 0.2) is 0 Å². The Labute approximate surface area is 729 Å². The number of aliphatic imine (C=N–C) groups is 4. The molecular weight excluding hydrogens is 1780 g/mol. The average molecular weight is 1890 g/mol. The molecule has 109 heavy (non-hydrogen) atoms. The van der Waals surface area contributed by atoms with E-state index in [9.17, 15) is 20.4 Å². The second-order valence-corrected chi connectivity index (χ2v) is 40.8. The van der Waals surface area contributed by atoms with E-state index in [0.717, 1.165) is 93.8 Å². The van der Waals surface area contributed by atoms with Crippen molar-refractivity contribution in [2.75, 3.05) is 4.43 Å². The molecule has 8 nitrogen and oxygen atoms in total. The van der Waals surface area contributed by atoms with E-state index in [-0.39, 0.29) is 21.2 Å². The van der Waals surface area contributed by atoms with Crippen molar-refractivity contribution in [3.8, 4) is 23.0 Å². The molecule has 0 heterocycles. The number of aryl methyl sites for hydroxylation is 3. The van der Waals surface area contributed by atoms with Gasteiger partial charge in [-0.2, -0.15) is 0 Å². The number of hydrogen-bond acceptors (Lipinski definition) is 8. The van der Waals surface area contributed by atoms with E-state index in [1.165, 1.54) is 172 Å². The molecule has 0 atom stereocenters. The van der Waals surface area contributed by atoms with Crippen LogP contribution in [0.4, 0.5) is 22.7 Å². The van der Waals surface area contributed by atoms with Crippen molar-refractivity contribution in [2.45, 2.75) is 225 Å². The Morgan fingerprint density at radius 2 is 0.615 bits per heavy atom. The molecule has 0 aromatic heterocycles. The van der Waals surface area contributed by atoms with Gasteiger partial charge in [0, 0.05) is 35.3 Å². The van der Waals surface area contributed by atoms with Gasteiger partial charge in [-0.25, -0.2) is 0 Å². The number of unbranched alkanes of at least 4 members (excludes halogenated alkanes) is 2. The normalized spacial score (nSPS) is 14.6. The number of nitrogens with zero attached hydrogens (tertiary/aromatic N) is 4. The van der Waals surface area contributed by atoms with E-state index in [1.54, 1.807) is 6.21 Å². The van der Waals surface area contributed by atoms with E-state index in [0.29, 0.717) is 46.7 Å². The zero-order valence-corrected chi connectivity index (χ0v) is 78.0. The number of phenolic OH excluding ortho intramolecular Hbond substituents is 4. The molecule has 4 N–H and O–H groups in total. The number of phenols is 4. The van der Waals surface area contributed by atoms with E-state index >= 15 is 0 Å². The molecule has 4 aliphatic carbocycles. The third kappa shape index (κ3) is 37.6. The minimum absolute atomic E-state index is 0.136. The molecule has 0 unspecified atom stereocenters. The summed E-state index contributed by atoms with van der Waals surface area (Å²) in [6, 6.07) is 57.2. The Kier molecular flexibility index (Phi) is 53.6. The molecule has 584 valence electrons. The van der Waals surface area contributed by atoms with Gasteiger partial charge < -0.3 is 15.3 Å². The summed E-state index contributed by atoms with van der Waals surface area (Å²) < 4.78 is 2.45. The number of rotatable bonds is 21. The van der Waals surface area contributed by atoms with Crippen LogP contribution in [0, 0.1) is 10.5 Å². The van der Waals surface area contributed by atoms with Crippen molar-refractivity contribution in [2.24, 2.45) is 20.0 Å². The molecule has 0 amide bonds. The maximum absolute atomic E-state index is 10.8. The summed E-state index contributed by atoms with van der Waals surface area (Å²) in [4.78, 5) is 18.2.